The number of hydrogen-bond donors (Lipinski definition) is 1. The highest BCUT2D eigenvalue weighted by Gasteiger charge is 2.13. The number of fused-ring (bicyclic) bond motifs is 1. The van der Waals surface area contributed by atoms with Gasteiger partial charge in [0.25, 0.3) is 5.91 Å². The monoisotopic (exact) mass is 327 g/mol. The summed E-state index contributed by atoms with van der Waals surface area (Å²) in [4.78, 5) is 23.2. The van der Waals surface area contributed by atoms with E-state index in [0.29, 0.717) is 17.1 Å². The van der Waals surface area contributed by atoms with Gasteiger partial charge in [-0.3, -0.25) is 4.79 Å². The van der Waals surface area contributed by atoms with Gasteiger partial charge in [0.2, 0.25) is 0 Å². The SMILES string of the molecule is Cc1ccc(C(C)NC(=O)COc2ccc3ccc(=O)oc3c2)o1. The van der Waals surface area contributed by atoms with Crippen molar-refractivity contribution in [2.24, 2.45) is 0 Å². The Balaban J connectivity index is 1.60. The molecule has 6 nitrogen and oxygen atoms in total. The summed E-state index contributed by atoms with van der Waals surface area (Å²) >= 11 is 0. The smallest absolute Gasteiger partial charge is 0.336 e. The molecular formula is C18H17NO5. The average molecular weight is 327 g/mol. The largest absolute Gasteiger partial charge is 0.484 e. The molecule has 24 heavy (non-hydrogen) atoms. The van der Waals surface area contributed by atoms with Crippen molar-refractivity contribution in [3.05, 3.63) is 64.4 Å². The van der Waals surface area contributed by atoms with E-state index in [9.17, 15) is 9.59 Å². The van der Waals surface area contributed by atoms with E-state index >= 15 is 0 Å². The van der Waals surface area contributed by atoms with Gasteiger partial charge in [-0.1, -0.05) is 0 Å². The summed E-state index contributed by atoms with van der Waals surface area (Å²) < 4.78 is 16.0. The van der Waals surface area contributed by atoms with Crippen LogP contribution in [-0.2, 0) is 4.79 Å². The molecule has 0 bridgehead atoms. The number of carbonyl (C=O) groups is 1. The fourth-order valence-electron chi connectivity index (χ4n) is 2.32. The molecule has 0 saturated heterocycles. The van der Waals surface area contributed by atoms with Gasteiger partial charge < -0.3 is 18.9 Å². The summed E-state index contributed by atoms with van der Waals surface area (Å²) in [5, 5.41) is 3.58. The molecule has 1 aromatic carbocycles. The first-order valence-corrected chi connectivity index (χ1v) is 7.54. The minimum absolute atomic E-state index is 0.146. The fraction of sp³-hybridized carbons (Fsp3) is 0.222. The minimum atomic E-state index is -0.431. The van der Waals surface area contributed by atoms with Crippen LogP contribution in [0.1, 0.15) is 24.5 Å². The Hall–Kier alpha value is -3.02. The van der Waals surface area contributed by atoms with Gasteiger partial charge in [0.15, 0.2) is 6.61 Å². The second-order valence-electron chi connectivity index (χ2n) is 5.48. The summed E-state index contributed by atoms with van der Waals surface area (Å²) in [5.41, 5.74) is -0.0141. The lowest BCUT2D eigenvalue weighted by Crippen LogP contribution is -2.31. The topological polar surface area (TPSA) is 81.7 Å². The standard InChI is InChI=1S/C18H17NO5/c1-11-3-7-15(23-11)12(2)19-17(20)10-22-14-6-4-13-5-8-18(21)24-16(13)9-14/h3-9,12H,10H2,1-2H3,(H,19,20). The minimum Gasteiger partial charge on any atom is -0.484 e. The van der Waals surface area contributed by atoms with Crippen molar-refractivity contribution in [2.75, 3.05) is 6.61 Å². The number of hydrogen-bond acceptors (Lipinski definition) is 5. The second-order valence-corrected chi connectivity index (χ2v) is 5.48. The first-order valence-electron chi connectivity index (χ1n) is 7.54. The Morgan fingerprint density at radius 3 is 2.71 bits per heavy atom. The first-order chi connectivity index (χ1) is 11.5. The third-order valence-electron chi connectivity index (χ3n) is 3.53. The van der Waals surface area contributed by atoms with Crippen LogP contribution in [0.15, 0.2) is 56.1 Å². The number of amides is 1. The Bertz CT molecular complexity index is 924. The molecule has 124 valence electrons. The predicted molar refractivity (Wildman–Crippen MR) is 88.0 cm³/mol. The van der Waals surface area contributed by atoms with Gasteiger partial charge in [-0.2, -0.15) is 0 Å². The van der Waals surface area contributed by atoms with Gasteiger partial charge in [-0.15, -0.1) is 0 Å². The van der Waals surface area contributed by atoms with E-state index in [2.05, 4.69) is 5.32 Å². The highest BCUT2D eigenvalue weighted by atomic mass is 16.5. The summed E-state index contributed by atoms with van der Waals surface area (Å²) in [6.45, 7) is 3.53. The number of carbonyl (C=O) groups excluding carboxylic acids is 1. The van der Waals surface area contributed by atoms with Gasteiger partial charge in [-0.25, -0.2) is 4.79 Å². The average Bonchev–Trinajstić information content (AvgIpc) is 2.99. The van der Waals surface area contributed by atoms with Gasteiger partial charge in [0.1, 0.15) is 22.9 Å². The van der Waals surface area contributed by atoms with Crippen LogP contribution in [0.3, 0.4) is 0 Å². The normalized spacial score (nSPS) is 12.1. The number of aryl methyl sites for hydroxylation is 1. The molecule has 0 aliphatic carbocycles. The van der Waals surface area contributed by atoms with Crippen LogP contribution in [0.25, 0.3) is 11.0 Å². The summed E-state index contributed by atoms with van der Waals surface area (Å²) in [6.07, 6.45) is 0. The number of ether oxygens (including phenoxy) is 1. The lowest BCUT2D eigenvalue weighted by molar-refractivity contribution is -0.123. The van der Waals surface area contributed by atoms with E-state index < -0.39 is 5.63 Å². The van der Waals surface area contributed by atoms with Crippen molar-refractivity contribution >= 4 is 16.9 Å². The zero-order valence-corrected chi connectivity index (χ0v) is 13.4. The number of benzene rings is 1. The highest BCUT2D eigenvalue weighted by Crippen LogP contribution is 2.19. The molecule has 3 rings (SSSR count). The fourth-order valence-corrected chi connectivity index (χ4v) is 2.32. The van der Waals surface area contributed by atoms with E-state index in [0.717, 1.165) is 11.1 Å². The third kappa shape index (κ3) is 3.65. The molecule has 2 heterocycles. The number of nitrogens with one attached hydrogen (secondary N) is 1. The Morgan fingerprint density at radius 1 is 1.17 bits per heavy atom. The van der Waals surface area contributed by atoms with Gasteiger partial charge in [0, 0.05) is 17.5 Å². The van der Waals surface area contributed by atoms with Crippen LogP contribution in [0.2, 0.25) is 0 Å². The maximum absolute atomic E-state index is 12.0. The van der Waals surface area contributed by atoms with Crippen LogP contribution in [0.5, 0.6) is 5.75 Å². The molecule has 6 heteroatoms. The lowest BCUT2D eigenvalue weighted by Gasteiger charge is -2.12. The van der Waals surface area contributed by atoms with Crippen LogP contribution in [0.4, 0.5) is 0 Å². The molecule has 1 unspecified atom stereocenters. The Kier molecular flexibility index (Phi) is 4.37. The summed E-state index contributed by atoms with van der Waals surface area (Å²) in [6, 6.07) is 11.5. The molecule has 1 amide bonds. The van der Waals surface area contributed by atoms with Crippen molar-refractivity contribution in [3.63, 3.8) is 0 Å². The van der Waals surface area contributed by atoms with E-state index in [1.165, 1.54) is 6.07 Å². The molecule has 0 aliphatic rings. The van der Waals surface area contributed by atoms with Crippen molar-refractivity contribution < 1.29 is 18.4 Å². The Labute approximate surface area is 138 Å². The maximum Gasteiger partial charge on any atom is 0.336 e. The number of rotatable bonds is 5. The molecule has 0 radical (unpaired) electrons. The third-order valence-corrected chi connectivity index (χ3v) is 3.53. The van der Waals surface area contributed by atoms with E-state index in [1.54, 1.807) is 24.3 Å². The predicted octanol–water partition coefficient (Wildman–Crippen LogP) is 2.95. The van der Waals surface area contributed by atoms with Crippen LogP contribution in [0, 0.1) is 6.92 Å². The van der Waals surface area contributed by atoms with Gasteiger partial charge in [0.05, 0.1) is 6.04 Å². The van der Waals surface area contributed by atoms with Crippen molar-refractivity contribution in [1.82, 2.24) is 5.32 Å². The summed E-state index contributed by atoms with van der Waals surface area (Å²) in [5.74, 6) is 1.66. The molecular weight excluding hydrogens is 310 g/mol. The molecule has 0 aliphatic heterocycles. The Morgan fingerprint density at radius 2 is 1.96 bits per heavy atom. The maximum atomic E-state index is 12.0. The molecule has 0 spiro atoms. The van der Waals surface area contributed by atoms with E-state index in [1.807, 2.05) is 26.0 Å². The highest BCUT2D eigenvalue weighted by molar-refractivity contribution is 5.79. The van der Waals surface area contributed by atoms with E-state index in [-0.39, 0.29) is 18.6 Å². The lowest BCUT2D eigenvalue weighted by atomic mass is 10.2. The van der Waals surface area contributed by atoms with Crippen molar-refractivity contribution in [3.8, 4) is 5.75 Å². The zero-order valence-electron chi connectivity index (χ0n) is 13.4. The van der Waals surface area contributed by atoms with Crippen LogP contribution in [-0.4, -0.2) is 12.5 Å². The van der Waals surface area contributed by atoms with Gasteiger partial charge in [-0.05, 0) is 44.2 Å². The summed E-state index contributed by atoms with van der Waals surface area (Å²) in [7, 11) is 0. The van der Waals surface area contributed by atoms with Gasteiger partial charge >= 0.3 is 5.63 Å². The molecule has 1 N–H and O–H groups in total. The van der Waals surface area contributed by atoms with Crippen molar-refractivity contribution in [1.29, 1.82) is 0 Å². The molecule has 1 atom stereocenters. The molecule has 2 aromatic heterocycles. The molecule has 3 aromatic rings. The van der Waals surface area contributed by atoms with Crippen LogP contribution < -0.4 is 15.7 Å². The van der Waals surface area contributed by atoms with Crippen molar-refractivity contribution in [2.45, 2.75) is 19.9 Å². The number of furan rings is 1. The quantitative estimate of drug-likeness (QED) is 0.729. The molecule has 0 fully saturated rings. The zero-order chi connectivity index (χ0) is 17.1. The molecule has 0 saturated carbocycles. The van der Waals surface area contributed by atoms with E-state index in [4.69, 9.17) is 13.6 Å². The second kappa shape index (κ2) is 6.62. The van der Waals surface area contributed by atoms with Crippen LogP contribution >= 0.6 is 0 Å². The first kappa shape index (κ1) is 15.9.